The molecule has 0 aliphatic carbocycles. The van der Waals surface area contributed by atoms with Gasteiger partial charge in [0.05, 0.1) is 11.5 Å². The Balaban J connectivity index is 1.71. The van der Waals surface area contributed by atoms with E-state index in [4.69, 9.17) is 13.7 Å². The molecule has 0 fully saturated rings. The van der Waals surface area contributed by atoms with Crippen LogP contribution >= 0.6 is 0 Å². The summed E-state index contributed by atoms with van der Waals surface area (Å²) in [6, 6.07) is 24.9. The molecule has 0 heterocycles. The van der Waals surface area contributed by atoms with Crippen molar-refractivity contribution in [3.63, 3.8) is 0 Å². The minimum Gasteiger partial charge on any atom is -0.464 e. The fourth-order valence-corrected chi connectivity index (χ4v) is 4.38. The minimum atomic E-state index is -4.23. The predicted molar refractivity (Wildman–Crippen MR) is 130 cm³/mol. The summed E-state index contributed by atoms with van der Waals surface area (Å²) in [4.78, 5) is 12.6. The third kappa shape index (κ3) is 8.01. The zero-order valence-corrected chi connectivity index (χ0v) is 20.1. The average molecular weight is 483 g/mol. The molecular weight excluding hydrogens is 452 g/mol. The number of carbonyl (C=O) groups excluding carboxylic acids is 1. The van der Waals surface area contributed by atoms with Crippen LogP contribution in [0.15, 0.2) is 89.8 Å². The molecular formula is C27H30O6S. The molecule has 0 aromatic heterocycles. The fraction of sp³-hybridized carbons (Fsp3) is 0.296. The van der Waals surface area contributed by atoms with Crippen LogP contribution in [0, 0.1) is 0 Å². The normalized spacial score (nSPS) is 12.1. The molecule has 180 valence electrons. The molecule has 6 nitrogen and oxygen atoms in total. The lowest BCUT2D eigenvalue weighted by molar-refractivity contribution is -0.152. The second-order valence-corrected chi connectivity index (χ2v) is 9.40. The number of ether oxygens (including phenoxy) is 2. The standard InChI is InChI=1S/C27H30O6S/c1-2-3-20-31-27(28)26(19-10-14-22-12-6-4-7-13-22)33-34(29,30)25-18-11-17-24(21-25)32-23-15-8-5-9-16-23/h4-9,11-13,15-18,21,26H,2-3,10,14,19-20H2,1H3/t26-/m1/s1. The van der Waals surface area contributed by atoms with Gasteiger partial charge in [-0.1, -0.05) is 67.9 Å². The smallest absolute Gasteiger partial charge is 0.336 e. The highest BCUT2D eigenvalue weighted by Crippen LogP contribution is 2.26. The Labute approximate surface area is 201 Å². The van der Waals surface area contributed by atoms with Crippen LogP contribution in [0.5, 0.6) is 11.5 Å². The molecule has 3 aromatic carbocycles. The first-order valence-corrected chi connectivity index (χ1v) is 12.9. The molecule has 0 radical (unpaired) electrons. The lowest BCUT2D eigenvalue weighted by Gasteiger charge is -2.17. The zero-order valence-electron chi connectivity index (χ0n) is 19.3. The second-order valence-electron chi connectivity index (χ2n) is 7.83. The van der Waals surface area contributed by atoms with Gasteiger partial charge >= 0.3 is 5.97 Å². The van der Waals surface area contributed by atoms with Crippen LogP contribution in [0.4, 0.5) is 0 Å². The Morgan fingerprint density at radius 3 is 2.24 bits per heavy atom. The van der Waals surface area contributed by atoms with Gasteiger partial charge < -0.3 is 9.47 Å². The average Bonchev–Trinajstić information content (AvgIpc) is 2.85. The van der Waals surface area contributed by atoms with Crippen LogP contribution < -0.4 is 4.74 Å². The third-order valence-corrected chi connectivity index (χ3v) is 6.41. The highest BCUT2D eigenvalue weighted by Gasteiger charge is 2.29. The van der Waals surface area contributed by atoms with E-state index in [9.17, 15) is 13.2 Å². The summed E-state index contributed by atoms with van der Waals surface area (Å²) in [5.41, 5.74) is 1.11. The maximum absolute atomic E-state index is 13.0. The number of hydrogen-bond donors (Lipinski definition) is 0. The highest BCUT2D eigenvalue weighted by atomic mass is 32.2. The molecule has 0 saturated heterocycles. The lowest BCUT2D eigenvalue weighted by Crippen LogP contribution is -2.30. The van der Waals surface area contributed by atoms with E-state index >= 15 is 0 Å². The zero-order chi connectivity index (χ0) is 24.2. The molecule has 0 N–H and O–H groups in total. The van der Waals surface area contributed by atoms with Crippen molar-refractivity contribution in [3.05, 3.63) is 90.5 Å². The molecule has 3 rings (SSSR count). The van der Waals surface area contributed by atoms with Gasteiger partial charge in [-0.15, -0.1) is 0 Å². The summed E-state index contributed by atoms with van der Waals surface area (Å²) in [5, 5.41) is 0. The van der Waals surface area contributed by atoms with Gasteiger partial charge in [0.2, 0.25) is 0 Å². The maximum Gasteiger partial charge on any atom is 0.336 e. The van der Waals surface area contributed by atoms with Crippen molar-refractivity contribution in [2.45, 2.75) is 50.0 Å². The number of aryl methyl sites for hydroxylation is 1. The number of benzene rings is 3. The fourth-order valence-electron chi connectivity index (χ4n) is 3.28. The molecule has 1 atom stereocenters. The Morgan fingerprint density at radius 2 is 1.53 bits per heavy atom. The Kier molecular flexibility index (Phi) is 9.67. The van der Waals surface area contributed by atoms with Crippen LogP contribution in [0.3, 0.4) is 0 Å². The second kappa shape index (κ2) is 12.9. The first-order chi connectivity index (χ1) is 16.5. The molecule has 0 spiro atoms. The third-order valence-electron chi connectivity index (χ3n) is 5.10. The summed E-state index contributed by atoms with van der Waals surface area (Å²) < 4.78 is 42.5. The summed E-state index contributed by atoms with van der Waals surface area (Å²) in [6.07, 6.45) is 1.84. The summed E-state index contributed by atoms with van der Waals surface area (Å²) in [7, 11) is -4.23. The Morgan fingerprint density at radius 1 is 0.853 bits per heavy atom. The number of unbranched alkanes of at least 4 members (excludes halogenated alkanes) is 1. The van der Waals surface area contributed by atoms with E-state index in [0.29, 0.717) is 30.8 Å². The van der Waals surface area contributed by atoms with Gasteiger partial charge in [-0.3, -0.25) is 4.18 Å². The number of para-hydroxylation sites is 1. The van der Waals surface area contributed by atoms with E-state index in [1.165, 1.54) is 12.1 Å². The molecule has 0 bridgehead atoms. The van der Waals surface area contributed by atoms with Crippen LogP contribution in [0.25, 0.3) is 0 Å². The number of esters is 1. The highest BCUT2D eigenvalue weighted by molar-refractivity contribution is 7.86. The number of carbonyl (C=O) groups is 1. The molecule has 3 aromatic rings. The molecule has 0 aliphatic rings. The minimum absolute atomic E-state index is 0.0876. The van der Waals surface area contributed by atoms with Gasteiger partial charge in [0.15, 0.2) is 6.10 Å². The van der Waals surface area contributed by atoms with E-state index in [0.717, 1.165) is 12.0 Å². The number of rotatable bonds is 13. The quantitative estimate of drug-likeness (QED) is 0.171. The molecule has 0 unspecified atom stereocenters. The Bertz CT molecular complexity index is 1130. The van der Waals surface area contributed by atoms with Crippen molar-refractivity contribution < 1.29 is 26.9 Å². The van der Waals surface area contributed by atoms with Crippen LogP contribution in [0.1, 0.15) is 38.2 Å². The molecule has 0 saturated carbocycles. The van der Waals surface area contributed by atoms with Crippen molar-refractivity contribution in [1.29, 1.82) is 0 Å². The van der Waals surface area contributed by atoms with Crippen molar-refractivity contribution in [3.8, 4) is 11.5 Å². The largest absolute Gasteiger partial charge is 0.464 e. The van der Waals surface area contributed by atoms with Crippen LogP contribution in [-0.4, -0.2) is 27.1 Å². The van der Waals surface area contributed by atoms with E-state index < -0.39 is 22.2 Å². The lowest BCUT2D eigenvalue weighted by atomic mass is 10.1. The molecule has 0 amide bonds. The van der Waals surface area contributed by atoms with Crippen LogP contribution in [0.2, 0.25) is 0 Å². The van der Waals surface area contributed by atoms with Gasteiger partial charge in [-0.25, -0.2) is 4.79 Å². The predicted octanol–water partition coefficient (Wildman–Crippen LogP) is 5.92. The van der Waals surface area contributed by atoms with E-state index in [-0.39, 0.29) is 17.9 Å². The molecule has 7 heteroatoms. The number of hydrogen-bond acceptors (Lipinski definition) is 6. The van der Waals surface area contributed by atoms with E-state index in [2.05, 4.69) is 0 Å². The first kappa shape index (κ1) is 25.5. The van der Waals surface area contributed by atoms with Crippen molar-refractivity contribution >= 4 is 16.1 Å². The molecule has 34 heavy (non-hydrogen) atoms. The Hall–Kier alpha value is -3.16. The van der Waals surface area contributed by atoms with E-state index in [1.54, 1.807) is 24.3 Å². The van der Waals surface area contributed by atoms with E-state index in [1.807, 2.05) is 55.5 Å². The van der Waals surface area contributed by atoms with Gasteiger partial charge in [0, 0.05) is 6.07 Å². The molecule has 0 aliphatic heterocycles. The van der Waals surface area contributed by atoms with Crippen molar-refractivity contribution in [1.82, 2.24) is 0 Å². The van der Waals surface area contributed by atoms with Gasteiger partial charge in [0.1, 0.15) is 11.5 Å². The van der Waals surface area contributed by atoms with Gasteiger partial charge in [-0.05, 0) is 55.5 Å². The maximum atomic E-state index is 13.0. The summed E-state index contributed by atoms with van der Waals surface area (Å²) in [6.45, 7) is 2.21. The monoisotopic (exact) mass is 482 g/mol. The van der Waals surface area contributed by atoms with Gasteiger partial charge in [0.25, 0.3) is 10.1 Å². The van der Waals surface area contributed by atoms with Crippen LogP contribution in [-0.2, 0) is 30.3 Å². The SMILES string of the molecule is CCCCOC(=O)[C@@H](CCCc1ccccc1)OS(=O)(=O)c1cccc(Oc2ccccc2)c1. The van der Waals surface area contributed by atoms with Crippen molar-refractivity contribution in [2.24, 2.45) is 0 Å². The first-order valence-electron chi connectivity index (χ1n) is 11.4. The summed E-state index contributed by atoms with van der Waals surface area (Å²) >= 11 is 0. The van der Waals surface area contributed by atoms with Crippen molar-refractivity contribution in [2.75, 3.05) is 6.61 Å². The van der Waals surface area contributed by atoms with Gasteiger partial charge in [-0.2, -0.15) is 8.42 Å². The topological polar surface area (TPSA) is 78.9 Å². The summed E-state index contributed by atoms with van der Waals surface area (Å²) in [5.74, 6) is 0.264.